The Balaban J connectivity index is 2.76. The van der Waals surface area contributed by atoms with Crippen molar-refractivity contribution >= 4 is 12.1 Å². The summed E-state index contributed by atoms with van der Waals surface area (Å²) in [6.07, 6.45) is 5.50. The van der Waals surface area contributed by atoms with Gasteiger partial charge in [-0.05, 0) is 33.1 Å². The topological polar surface area (TPSA) is 66.8 Å². The van der Waals surface area contributed by atoms with Gasteiger partial charge in [0.1, 0.15) is 11.6 Å². The van der Waals surface area contributed by atoms with E-state index in [0.29, 0.717) is 19.4 Å². The van der Waals surface area contributed by atoms with Crippen molar-refractivity contribution in [1.29, 1.82) is 0 Å². The van der Waals surface area contributed by atoms with Gasteiger partial charge in [-0.15, -0.1) is 12.3 Å². The minimum Gasteiger partial charge on any atom is -0.480 e. The van der Waals surface area contributed by atoms with Crippen molar-refractivity contribution in [3.8, 4) is 12.3 Å². The highest BCUT2D eigenvalue weighted by Gasteiger charge is 2.41. The van der Waals surface area contributed by atoms with Crippen molar-refractivity contribution in [2.45, 2.75) is 45.3 Å². The molecule has 0 spiro atoms. The van der Waals surface area contributed by atoms with E-state index in [1.807, 2.05) is 0 Å². The third kappa shape index (κ3) is 3.66. The zero-order valence-corrected chi connectivity index (χ0v) is 11.0. The first-order valence-electron chi connectivity index (χ1n) is 5.90. The molecule has 0 aliphatic carbocycles. The maximum absolute atomic E-state index is 11.9. The van der Waals surface area contributed by atoms with Gasteiger partial charge in [-0.1, -0.05) is 0 Å². The Labute approximate surface area is 107 Å². The van der Waals surface area contributed by atoms with E-state index < -0.39 is 23.7 Å². The third-order valence-electron chi connectivity index (χ3n) is 2.71. The van der Waals surface area contributed by atoms with Crippen LogP contribution in [0.1, 0.15) is 33.6 Å². The summed E-state index contributed by atoms with van der Waals surface area (Å²) in [5, 5.41) is 9.12. The van der Waals surface area contributed by atoms with Crippen LogP contribution in [0.5, 0.6) is 0 Å². The third-order valence-corrected chi connectivity index (χ3v) is 2.71. The fourth-order valence-corrected chi connectivity index (χ4v) is 1.99. The number of nitrogens with zero attached hydrogens (tertiary/aromatic N) is 1. The molecule has 0 bridgehead atoms. The molecule has 0 saturated carbocycles. The molecule has 18 heavy (non-hydrogen) atoms. The molecule has 0 aromatic heterocycles. The molecule has 1 amide bonds. The highest BCUT2D eigenvalue weighted by Crippen LogP contribution is 2.27. The Morgan fingerprint density at radius 2 is 2.11 bits per heavy atom. The summed E-state index contributed by atoms with van der Waals surface area (Å²) in [5.74, 6) is 1.52. The van der Waals surface area contributed by atoms with Crippen LogP contribution < -0.4 is 0 Å². The summed E-state index contributed by atoms with van der Waals surface area (Å²) in [4.78, 5) is 24.3. The SMILES string of the molecule is C#CCC1C[C@H](C(=O)O)N(C(=O)OC(C)(C)C)C1. The quantitative estimate of drug-likeness (QED) is 0.761. The molecule has 5 heteroatoms. The average molecular weight is 253 g/mol. The van der Waals surface area contributed by atoms with Gasteiger partial charge in [0.25, 0.3) is 0 Å². The Bertz CT molecular complexity index is 377. The standard InChI is InChI=1S/C13H19NO4/c1-5-6-9-7-10(11(15)16)14(8-9)12(17)18-13(2,3)4/h1,9-10H,6-8H2,2-4H3,(H,15,16)/t9?,10-/m1/s1. The normalized spacial score (nSPS) is 23.6. The van der Waals surface area contributed by atoms with Gasteiger partial charge in [0, 0.05) is 13.0 Å². The van der Waals surface area contributed by atoms with Gasteiger partial charge in [-0.2, -0.15) is 0 Å². The van der Waals surface area contributed by atoms with Crippen LogP contribution in [-0.2, 0) is 9.53 Å². The lowest BCUT2D eigenvalue weighted by Gasteiger charge is -2.26. The molecular weight excluding hydrogens is 234 g/mol. The first-order valence-corrected chi connectivity index (χ1v) is 5.90. The monoisotopic (exact) mass is 253 g/mol. The van der Waals surface area contributed by atoms with E-state index in [9.17, 15) is 9.59 Å². The number of carboxylic acids is 1. The highest BCUT2D eigenvalue weighted by molar-refractivity contribution is 5.81. The number of carbonyl (C=O) groups excluding carboxylic acids is 1. The van der Waals surface area contributed by atoms with E-state index in [1.165, 1.54) is 4.90 Å². The minimum atomic E-state index is -1.01. The Morgan fingerprint density at radius 3 is 2.56 bits per heavy atom. The van der Waals surface area contributed by atoms with Gasteiger partial charge < -0.3 is 9.84 Å². The first kappa shape index (κ1) is 14.4. The predicted molar refractivity (Wildman–Crippen MR) is 65.9 cm³/mol. The molecule has 1 fully saturated rings. The lowest BCUT2D eigenvalue weighted by atomic mass is 10.0. The smallest absolute Gasteiger partial charge is 0.411 e. The Hall–Kier alpha value is -1.70. The summed E-state index contributed by atoms with van der Waals surface area (Å²) in [7, 11) is 0. The summed E-state index contributed by atoms with van der Waals surface area (Å²) >= 11 is 0. The summed E-state index contributed by atoms with van der Waals surface area (Å²) in [5.41, 5.74) is -0.635. The second-order valence-electron chi connectivity index (χ2n) is 5.50. The maximum atomic E-state index is 11.9. The van der Waals surface area contributed by atoms with E-state index in [-0.39, 0.29) is 5.92 Å². The van der Waals surface area contributed by atoms with Gasteiger partial charge in [0.2, 0.25) is 0 Å². The van der Waals surface area contributed by atoms with E-state index >= 15 is 0 Å². The van der Waals surface area contributed by atoms with Crippen molar-refractivity contribution in [2.24, 2.45) is 5.92 Å². The van der Waals surface area contributed by atoms with Crippen LogP contribution in [-0.4, -0.2) is 40.3 Å². The number of carbonyl (C=O) groups is 2. The number of terminal acetylenes is 1. The minimum absolute atomic E-state index is 0.0311. The highest BCUT2D eigenvalue weighted by atomic mass is 16.6. The number of hydrogen-bond acceptors (Lipinski definition) is 3. The molecular formula is C13H19NO4. The molecule has 0 aromatic rings. The zero-order valence-electron chi connectivity index (χ0n) is 11.0. The first-order chi connectivity index (χ1) is 8.24. The van der Waals surface area contributed by atoms with E-state index in [4.69, 9.17) is 16.3 Å². The van der Waals surface area contributed by atoms with E-state index in [0.717, 1.165) is 0 Å². The maximum Gasteiger partial charge on any atom is 0.411 e. The number of amides is 1. The molecule has 2 atom stereocenters. The molecule has 1 N–H and O–H groups in total. The van der Waals surface area contributed by atoms with Crippen LogP contribution in [0.2, 0.25) is 0 Å². The molecule has 0 aromatic carbocycles. The van der Waals surface area contributed by atoms with Crippen molar-refractivity contribution in [1.82, 2.24) is 4.90 Å². The molecule has 1 aliphatic heterocycles. The predicted octanol–water partition coefficient (Wildman–Crippen LogP) is 1.72. The molecule has 1 unspecified atom stereocenters. The molecule has 1 aliphatic rings. The number of carboxylic acid groups (broad SMARTS) is 1. The fourth-order valence-electron chi connectivity index (χ4n) is 1.99. The molecule has 100 valence electrons. The molecule has 1 rings (SSSR count). The second-order valence-corrected chi connectivity index (χ2v) is 5.50. The Kier molecular flexibility index (Phi) is 4.23. The number of likely N-dealkylation sites (tertiary alicyclic amines) is 1. The van der Waals surface area contributed by atoms with E-state index in [1.54, 1.807) is 20.8 Å². The molecule has 0 radical (unpaired) electrons. The van der Waals surface area contributed by atoms with Crippen molar-refractivity contribution in [2.75, 3.05) is 6.54 Å². The summed E-state index contributed by atoms with van der Waals surface area (Å²) in [6, 6.07) is -0.835. The van der Waals surface area contributed by atoms with Crippen molar-refractivity contribution < 1.29 is 19.4 Å². The van der Waals surface area contributed by atoms with Crippen LogP contribution in [0, 0.1) is 18.3 Å². The lowest BCUT2D eigenvalue weighted by Crippen LogP contribution is -2.43. The number of rotatable bonds is 2. The summed E-state index contributed by atoms with van der Waals surface area (Å²) in [6.45, 7) is 5.58. The van der Waals surface area contributed by atoms with E-state index in [2.05, 4.69) is 5.92 Å². The van der Waals surface area contributed by atoms with Crippen LogP contribution in [0.25, 0.3) is 0 Å². The lowest BCUT2D eigenvalue weighted by molar-refractivity contribution is -0.142. The fraction of sp³-hybridized carbons (Fsp3) is 0.692. The number of ether oxygens (including phenoxy) is 1. The largest absolute Gasteiger partial charge is 0.480 e. The molecule has 1 heterocycles. The van der Waals surface area contributed by atoms with Crippen LogP contribution >= 0.6 is 0 Å². The van der Waals surface area contributed by atoms with Gasteiger partial charge >= 0.3 is 12.1 Å². The summed E-state index contributed by atoms with van der Waals surface area (Å²) < 4.78 is 5.20. The number of aliphatic carboxylic acids is 1. The van der Waals surface area contributed by atoms with Gasteiger partial charge in [-0.3, -0.25) is 4.90 Å². The zero-order chi connectivity index (χ0) is 13.9. The van der Waals surface area contributed by atoms with Gasteiger partial charge in [-0.25, -0.2) is 9.59 Å². The molecule has 5 nitrogen and oxygen atoms in total. The molecule has 1 saturated heterocycles. The van der Waals surface area contributed by atoms with Crippen LogP contribution in [0.15, 0.2) is 0 Å². The Morgan fingerprint density at radius 1 is 1.50 bits per heavy atom. The van der Waals surface area contributed by atoms with Crippen molar-refractivity contribution in [3.05, 3.63) is 0 Å². The second kappa shape index (κ2) is 5.30. The van der Waals surface area contributed by atoms with Crippen LogP contribution in [0.3, 0.4) is 0 Å². The van der Waals surface area contributed by atoms with Gasteiger partial charge in [0.15, 0.2) is 0 Å². The average Bonchev–Trinajstić information content (AvgIpc) is 2.59. The van der Waals surface area contributed by atoms with Crippen molar-refractivity contribution in [3.63, 3.8) is 0 Å². The number of hydrogen-bond donors (Lipinski definition) is 1. The van der Waals surface area contributed by atoms with Crippen LogP contribution in [0.4, 0.5) is 4.79 Å². The van der Waals surface area contributed by atoms with Gasteiger partial charge in [0.05, 0.1) is 0 Å².